The van der Waals surface area contributed by atoms with Gasteiger partial charge in [0.25, 0.3) is 5.69 Å². The summed E-state index contributed by atoms with van der Waals surface area (Å²) in [5, 5.41) is 22.9. The monoisotopic (exact) mass is 499 g/mol. The van der Waals surface area contributed by atoms with Gasteiger partial charge < -0.3 is 14.7 Å². The molecule has 2 bridgehead atoms. The van der Waals surface area contributed by atoms with Crippen molar-refractivity contribution in [3.05, 3.63) is 87.6 Å². The molecule has 1 amide bonds. The second kappa shape index (κ2) is 9.18. The molecule has 0 spiro atoms. The number of nitro groups is 1. The largest absolute Gasteiger partial charge is 0.508 e. The van der Waals surface area contributed by atoms with Crippen LogP contribution in [0.25, 0.3) is 11.3 Å². The van der Waals surface area contributed by atoms with Gasteiger partial charge in [0.2, 0.25) is 0 Å². The van der Waals surface area contributed by atoms with Crippen LogP contribution >= 0.6 is 0 Å². The van der Waals surface area contributed by atoms with Crippen molar-refractivity contribution in [2.45, 2.75) is 56.6 Å². The van der Waals surface area contributed by atoms with Gasteiger partial charge in [0.1, 0.15) is 18.1 Å². The molecule has 2 aliphatic carbocycles. The lowest BCUT2D eigenvalue weighted by atomic mass is 9.52. The molecule has 1 aromatic heterocycles. The number of hydrogen-bond donors (Lipinski definition) is 1. The van der Waals surface area contributed by atoms with Crippen LogP contribution in [0.2, 0.25) is 0 Å². The van der Waals surface area contributed by atoms with Crippen LogP contribution in [-0.2, 0) is 23.2 Å². The van der Waals surface area contributed by atoms with Gasteiger partial charge in [0, 0.05) is 35.8 Å². The third-order valence-electron chi connectivity index (χ3n) is 8.63. The third kappa shape index (κ3) is 3.91. The zero-order valence-corrected chi connectivity index (χ0v) is 20.5. The molecule has 3 atom stereocenters. The Hall–Kier alpha value is -3.94. The lowest BCUT2D eigenvalue weighted by Gasteiger charge is -2.58. The van der Waals surface area contributed by atoms with E-state index in [1.807, 2.05) is 41.3 Å². The Bertz CT molecular complexity index is 1360. The highest BCUT2D eigenvalue weighted by Gasteiger charge is 2.55. The molecular weight excluding hydrogens is 470 g/mol. The van der Waals surface area contributed by atoms with Crippen molar-refractivity contribution >= 4 is 11.8 Å². The first-order chi connectivity index (χ1) is 18.0. The van der Waals surface area contributed by atoms with Crippen LogP contribution in [0.3, 0.4) is 0 Å². The van der Waals surface area contributed by atoms with Crippen molar-refractivity contribution in [3.63, 3.8) is 0 Å². The fourth-order valence-electron chi connectivity index (χ4n) is 7.02. The van der Waals surface area contributed by atoms with E-state index in [2.05, 4.69) is 4.98 Å². The number of carbonyl (C=O) groups excluding carboxylic acids is 1. The summed E-state index contributed by atoms with van der Waals surface area (Å²) in [7, 11) is 0. The van der Waals surface area contributed by atoms with E-state index in [1.165, 1.54) is 12.3 Å². The zero-order valence-electron chi connectivity index (χ0n) is 20.5. The Morgan fingerprint density at radius 3 is 2.81 bits per heavy atom. The van der Waals surface area contributed by atoms with Crippen LogP contribution in [0.5, 0.6) is 5.75 Å². The molecule has 37 heavy (non-hydrogen) atoms. The van der Waals surface area contributed by atoms with Crippen molar-refractivity contribution < 1.29 is 19.6 Å². The SMILES string of the molecule is O=C(OCc1ccccc1)N1CC[C@]23CCCC[C@H]2[C@H]1Cc1c(O)cc(-c2ncccc2[N+](=O)[O-])cc13. The number of carbonyl (C=O) groups is 1. The van der Waals surface area contributed by atoms with Gasteiger partial charge in [0.05, 0.1) is 4.92 Å². The minimum Gasteiger partial charge on any atom is -0.508 e. The first kappa shape index (κ1) is 23.5. The molecule has 8 nitrogen and oxygen atoms in total. The minimum atomic E-state index is -0.434. The lowest BCUT2D eigenvalue weighted by Crippen LogP contribution is -2.62. The van der Waals surface area contributed by atoms with E-state index in [0.717, 1.165) is 48.8 Å². The maximum Gasteiger partial charge on any atom is 0.410 e. The van der Waals surface area contributed by atoms with Gasteiger partial charge in [-0.3, -0.25) is 10.1 Å². The van der Waals surface area contributed by atoms with Gasteiger partial charge in [-0.15, -0.1) is 0 Å². The number of phenolic OH excluding ortho intramolecular Hbond substituents is 1. The summed E-state index contributed by atoms with van der Waals surface area (Å²) in [6, 6.07) is 16.2. The molecule has 0 unspecified atom stereocenters. The molecule has 1 N–H and O–H groups in total. The van der Waals surface area contributed by atoms with Gasteiger partial charge in [-0.05, 0) is 66.5 Å². The van der Waals surface area contributed by atoms with E-state index in [0.29, 0.717) is 18.5 Å². The highest BCUT2D eigenvalue weighted by Crippen LogP contribution is 2.57. The Kier molecular flexibility index (Phi) is 5.82. The predicted octanol–water partition coefficient (Wildman–Crippen LogP) is 5.76. The fraction of sp³-hybridized carbons (Fsp3) is 0.379. The molecule has 1 saturated heterocycles. The number of hydrogen-bond acceptors (Lipinski definition) is 6. The molecule has 2 fully saturated rings. The standard InChI is InChI=1S/C29H29N3O5/c33-26-16-20(27-24(32(35)36)10-6-13-30-27)15-23-21(26)17-25-22-9-4-5-11-29(22,23)12-14-31(25)28(34)37-18-19-7-2-1-3-8-19/h1-3,6-8,10,13,15-16,22,25,33H,4-5,9,11-12,14,17-18H2/t22-,25+,29+/m0/s1. The van der Waals surface area contributed by atoms with Crippen molar-refractivity contribution in [2.75, 3.05) is 6.54 Å². The Morgan fingerprint density at radius 1 is 1.16 bits per heavy atom. The van der Waals surface area contributed by atoms with E-state index in [9.17, 15) is 20.0 Å². The van der Waals surface area contributed by atoms with Crippen LogP contribution in [-0.4, -0.2) is 38.6 Å². The fourth-order valence-corrected chi connectivity index (χ4v) is 7.02. The van der Waals surface area contributed by atoms with Gasteiger partial charge in [-0.2, -0.15) is 0 Å². The van der Waals surface area contributed by atoms with Crippen molar-refractivity contribution in [2.24, 2.45) is 5.92 Å². The number of aromatic hydroxyl groups is 1. The second-order valence-corrected chi connectivity index (χ2v) is 10.4. The first-order valence-corrected chi connectivity index (χ1v) is 12.9. The number of fused-ring (bicyclic) bond motifs is 1. The normalized spacial score (nSPS) is 24.1. The molecular formula is C29H29N3O5. The van der Waals surface area contributed by atoms with Crippen molar-refractivity contribution in [1.82, 2.24) is 9.88 Å². The molecule has 3 aliphatic rings. The molecule has 0 radical (unpaired) electrons. The maximum atomic E-state index is 13.3. The first-order valence-electron chi connectivity index (χ1n) is 12.9. The molecule has 2 aromatic carbocycles. The number of rotatable bonds is 4. The van der Waals surface area contributed by atoms with Gasteiger partial charge in [-0.1, -0.05) is 43.2 Å². The van der Waals surface area contributed by atoms with Crippen LogP contribution < -0.4 is 0 Å². The number of nitrogens with zero attached hydrogens (tertiary/aromatic N) is 3. The Balaban J connectivity index is 1.37. The zero-order chi connectivity index (χ0) is 25.6. The Labute approximate surface area is 215 Å². The molecule has 8 heteroatoms. The van der Waals surface area contributed by atoms with E-state index < -0.39 is 4.92 Å². The summed E-state index contributed by atoms with van der Waals surface area (Å²) >= 11 is 0. The summed E-state index contributed by atoms with van der Waals surface area (Å²) in [5.74, 6) is 0.362. The number of benzene rings is 2. The molecule has 3 aromatic rings. The topological polar surface area (TPSA) is 106 Å². The van der Waals surface area contributed by atoms with Crippen molar-refractivity contribution in [3.8, 4) is 17.0 Å². The number of phenols is 1. The summed E-state index contributed by atoms with van der Waals surface area (Å²) in [4.78, 5) is 30.7. The van der Waals surface area contributed by atoms with E-state index >= 15 is 0 Å². The average molecular weight is 500 g/mol. The van der Waals surface area contributed by atoms with E-state index in [-0.39, 0.29) is 47.2 Å². The highest BCUT2D eigenvalue weighted by molar-refractivity contribution is 5.74. The predicted molar refractivity (Wildman–Crippen MR) is 137 cm³/mol. The number of amides is 1. The highest BCUT2D eigenvalue weighted by atomic mass is 16.6. The van der Waals surface area contributed by atoms with E-state index in [1.54, 1.807) is 12.1 Å². The summed E-state index contributed by atoms with van der Waals surface area (Å²) in [5.41, 5.74) is 3.42. The number of ether oxygens (including phenoxy) is 1. The third-order valence-corrected chi connectivity index (χ3v) is 8.63. The number of aromatic nitrogens is 1. The van der Waals surface area contributed by atoms with Gasteiger partial charge in [-0.25, -0.2) is 9.78 Å². The van der Waals surface area contributed by atoms with E-state index in [4.69, 9.17) is 4.74 Å². The molecule has 190 valence electrons. The lowest BCUT2D eigenvalue weighted by molar-refractivity contribution is -0.384. The van der Waals surface area contributed by atoms with Crippen molar-refractivity contribution in [1.29, 1.82) is 0 Å². The molecule has 1 aliphatic heterocycles. The minimum absolute atomic E-state index is 0.0502. The number of pyridine rings is 1. The smallest absolute Gasteiger partial charge is 0.410 e. The van der Waals surface area contributed by atoms with Crippen LogP contribution in [0.15, 0.2) is 60.8 Å². The second-order valence-electron chi connectivity index (χ2n) is 10.4. The summed E-state index contributed by atoms with van der Waals surface area (Å²) < 4.78 is 5.72. The maximum absolute atomic E-state index is 13.3. The van der Waals surface area contributed by atoms with Crippen LogP contribution in [0.1, 0.15) is 48.8 Å². The summed E-state index contributed by atoms with van der Waals surface area (Å²) in [6.07, 6.45) is 6.70. The summed E-state index contributed by atoms with van der Waals surface area (Å²) in [6.45, 7) is 0.815. The Morgan fingerprint density at radius 2 is 2.00 bits per heavy atom. The molecule has 1 saturated carbocycles. The average Bonchev–Trinajstić information content (AvgIpc) is 2.92. The number of likely N-dealkylation sites (tertiary alicyclic amines) is 1. The van der Waals surface area contributed by atoms with Crippen LogP contribution in [0, 0.1) is 16.0 Å². The molecule has 6 rings (SSSR count). The molecule has 2 heterocycles. The van der Waals surface area contributed by atoms with Gasteiger partial charge in [0.15, 0.2) is 0 Å². The quantitative estimate of drug-likeness (QED) is 0.362. The van der Waals surface area contributed by atoms with Crippen LogP contribution in [0.4, 0.5) is 10.5 Å². The number of piperidine rings is 1. The van der Waals surface area contributed by atoms with Gasteiger partial charge >= 0.3 is 6.09 Å².